The summed E-state index contributed by atoms with van der Waals surface area (Å²) in [6.45, 7) is 6.94. The summed E-state index contributed by atoms with van der Waals surface area (Å²) in [5, 5.41) is 0. The van der Waals surface area contributed by atoms with Gasteiger partial charge in [0, 0.05) is 0 Å². The van der Waals surface area contributed by atoms with E-state index in [-0.39, 0.29) is 4.32 Å². The fourth-order valence-corrected chi connectivity index (χ4v) is 7.04. The van der Waals surface area contributed by atoms with Crippen molar-refractivity contribution < 1.29 is 0 Å². The second-order valence-electron chi connectivity index (χ2n) is 12.3. The molecule has 0 amide bonds. The van der Waals surface area contributed by atoms with Gasteiger partial charge in [-0.3, -0.25) is 0 Å². The Balaban J connectivity index is 2.60. The zero-order valence-electron chi connectivity index (χ0n) is 26.3. The number of aryl methyl sites for hydroxylation is 1. The molecule has 0 heterocycles. The summed E-state index contributed by atoms with van der Waals surface area (Å²) in [5.74, 6) is 0. The number of unbranched alkanes of at least 4 members (excludes halogenated alkanes) is 21. The van der Waals surface area contributed by atoms with Crippen molar-refractivity contribution in [1.29, 1.82) is 0 Å². The Kier molecular flexibility index (Phi) is 24.1. The fraction of sp³-hybridized carbons (Fsp3) is 0.838. The summed E-state index contributed by atoms with van der Waals surface area (Å²) in [5.41, 5.74) is 3.24. The first-order chi connectivity index (χ1) is 18.7. The predicted octanol–water partition coefficient (Wildman–Crippen LogP) is 14.0. The van der Waals surface area contributed by atoms with Gasteiger partial charge in [0.05, 0.1) is 4.32 Å². The molecule has 1 heteroatoms. The standard InChI is InChI=1S/C37H67Br/c1-4-7-10-13-16-19-22-25-30-35-31-26-27-32-36(35)37(38,33-28-23-20-17-14-11-8-5-2)34-29-24-21-18-15-12-9-6-3/h26-27,31-32H,4-25,28-30,33-34H2,1-3H3. The van der Waals surface area contributed by atoms with Crippen LogP contribution in [-0.2, 0) is 10.7 Å². The van der Waals surface area contributed by atoms with Gasteiger partial charge >= 0.3 is 0 Å². The Morgan fingerprint density at radius 3 is 1.21 bits per heavy atom. The largest absolute Gasteiger partial charge is 0.0801 e. The molecule has 0 bridgehead atoms. The van der Waals surface area contributed by atoms with E-state index in [1.165, 1.54) is 173 Å². The monoisotopic (exact) mass is 590 g/mol. The number of hydrogen-bond donors (Lipinski definition) is 0. The first kappa shape index (κ1) is 35.7. The molecule has 0 fully saturated rings. The summed E-state index contributed by atoms with van der Waals surface area (Å²) >= 11 is 4.41. The van der Waals surface area contributed by atoms with E-state index < -0.39 is 0 Å². The van der Waals surface area contributed by atoms with Gasteiger partial charge in [-0.1, -0.05) is 209 Å². The topological polar surface area (TPSA) is 0 Å². The van der Waals surface area contributed by atoms with Crippen LogP contribution in [0.25, 0.3) is 0 Å². The number of alkyl halides is 1. The van der Waals surface area contributed by atoms with Crippen LogP contribution >= 0.6 is 15.9 Å². The smallest absolute Gasteiger partial charge is 0.0508 e. The SMILES string of the molecule is CCCCCCCCCCc1ccccc1C(Br)(CCCCCCCCCC)CCCCCCCCCC. The van der Waals surface area contributed by atoms with Crippen LogP contribution < -0.4 is 0 Å². The van der Waals surface area contributed by atoms with E-state index in [9.17, 15) is 0 Å². The third-order valence-corrected chi connectivity index (χ3v) is 9.87. The minimum absolute atomic E-state index is 0.175. The van der Waals surface area contributed by atoms with Crippen molar-refractivity contribution >= 4 is 15.9 Å². The van der Waals surface area contributed by atoms with Gasteiger partial charge in [-0.05, 0) is 36.8 Å². The molecule has 1 aromatic carbocycles. The van der Waals surface area contributed by atoms with E-state index in [2.05, 4.69) is 61.0 Å². The predicted molar refractivity (Wildman–Crippen MR) is 178 cm³/mol. The summed E-state index contributed by atoms with van der Waals surface area (Å²) in [4.78, 5) is 0. The van der Waals surface area contributed by atoms with Crippen LogP contribution in [0.1, 0.15) is 199 Å². The molecule has 1 rings (SSSR count). The Labute approximate surface area is 249 Å². The summed E-state index contributed by atoms with van der Waals surface area (Å²) in [6, 6.07) is 9.48. The van der Waals surface area contributed by atoms with Crippen molar-refractivity contribution in [3.8, 4) is 0 Å². The van der Waals surface area contributed by atoms with Crippen molar-refractivity contribution in [1.82, 2.24) is 0 Å². The van der Waals surface area contributed by atoms with E-state index in [1.807, 2.05) is 0 Å². The zero-order chi connectivity index (χ0) is 27.6. The fourth-order valence-electron chi connectivity index (χ4n) is 6.10. The van der Waals surface area contributed by atoms with Crippen molar-refractivity contribution in [2.75, 3.05) is 0 Å². The highest BCUT2D eigenvalue weighted by atomic mass is 79.9. The van der Waals surface area contributed by atoms with Gasteiger partial charge in [-0.25, -0.2) is 0 Å². The lowest BCUT2D eigenvalue weighted by molar-refractivity contribution is 0.455. The van der Waals surface area contributed by atoms with Crippen molar-refractivity contribution in [3.63, 3.8) is 0 Å². The summed E-state index contributed by atoms with van der Waals surface area (Å²) in [6.07, 6.45) is 37.6. The molecule has 0 atom stereocenters. The van der Waals surface area contributed by atoms with Gasteiger partial charge in [0.1, 0.15) is 0 Å². The molecule has 0 aliphatic rings. The molecule has 0 saturated heterocycles. The quantitative estimate of drug-likeness (QED) is 0.0672. The van der Waals surface area contributed by atoms with Crippen molar-refractivity contribution in [2.45, 2.75) is 198 Å². The second kappa shape index (κ2) is 25.7. The van der Waals surface area contributed by atoms with Crippen LogP contribution in [0.4, 0.5) is 0 Å². The third kappa shape index (κ3) is 18.1. The lowest BCUT2D eigenvalue weighted by atomic mass is 9.84. The summed E-state index contributed by atoms with van der Waals surface area (Å²) in [7, 11) is 0. The van der Waals surface area contributed by atoms with Crippen LogP contribution in [-0.4, -0.2) is 0 Å². The third-order valence-electron chi connectivity index (χ3n) is 8.65. The van der Waals surface area contributed by atoms with E-state index in [0.717, 1.165) is 0 Å². The molecule has 0 aliphatic carbocycles. The second-order valence-corrected chi connectivity index (χ2v) is 13.8. The molecule has 1 aromatic rings. The first-order valence-corrected chi connectivity index (χ1v) is 18.2. The van der Waals surface area contributed by atoms with Crippen LogP contribution in [0.2, 0.25) is 0 Å². The Morgan fingerprint density at radius 1 is 0.447 bits per heavy atom. The van der Waals surface area contributed by atoms with E-state index in [4.69, 9.17) is 0 Å². The molecule has 0 nitrogen and oxygen atoms in total. The Morgan fingerprint density at radius 2 is 0.789 bits per heavy atom. The van der Waals surface area contributed by atoms with Crippen LogP contribution in [0.3, 0.4) is 0 Å². The van der Waals surface area contributed by atoms with E-state index in [1.54, 1.807) is 11.1 Å². The van der Waals surface area contributed by atoms with E-state index in [0.29, 0.717) is 0 Å². The average Bonchev–Trinajstić information content (AvgIpc) is 2.93. The lowest BCUT2D eigenvalue weighted by Gasteiger charge is -2.31. The van der Waals surface area contributed by atoms with Crippen LogP contribution in [0.5, 0.6) is 0 Å². The maximum Gasteiger partial charge on any atom is 0.0508 e. The molecule has 38 heavy (non-hydrogen) atoms. The zero-order valence-corrected chi connectivity index (χ0v) is 27.9. The maximum atomic E-state index is 4.41. The first-order valence-electron chi connectivity index (χ1n) is 17.4. The maximum absolute atomic E-state index is 4.41. The highest BCUT2D eigenvalue weighted by molar-refractivity contribution is 9.09. The van der Waals surface area contributed by atoms with Gasteiger partial charge in [0.2, 0.25) is 0 Å². The number of rotatable bonds is 28. The molecule has 0 N–H and O–H groups in total. The highest BCUT2D eigenvalue weighted by Crippen LogP contribution is 2.43. The summed E-state index contributed by atoms with van der Waals surface area (Å²) < 4.78 is 0.175. The van der Waals surface area contributed by atoms with Gasteiger partial charge in [-0.2, -0.15) is 0 Å². The minimum Gasteiger partial charge on any atom is -0.0801 e. The normalized spacial score (nSPS) is 11.9. The van der Waals surface area contributed by atoms with Gasteiger partial charge in [0.25, 0.3) is 0 Å². The molecule has 0 saturated carbocycles. The highest BCUT2D eigenvalue weighted by Gasteiger charge is 2.30. The molecule has 0 aromatic heterocycles. The average molecular weight is 592 g/mol. The number of benzene rings is 1. The molecule has 0 spiro atoms. The molecule has 0 radical (unpaired) electrons. The Bertz CT molecular complexity index is 601. The number of halogens is 1. The lowest BCUT2D eigenvalue weighted by Crippen LogP contribution is -2.20. The van der Waals surface area contributed by atoms with Gasteiger partial charge in [-0.15, -0.1) is 0 Å². The van der Waals surface area contributed by atoms with E-state index >= 15 is 0 Å². The van der Waals surface area contributed by atoms with Crippen LogP contribution in [0, 0.1) is 0 Å². The van der Waals surface area contributed by atoms with Crippen molar-refractivity contribution in [2.24, 2.45) is 0 Å². The van der Waals surface area contributed by atoms with Crippen molar-refractivity contribution in [3.05, 3.63) is 35.4 Å². The van der Waals surface area contributed by atoms with Gasteiger partial charge < -0.3 is 0 Å². The van der Waals surface area contributed by atoms with Gasteiger partial charge in [0.15, 0.2) is 0 Å². The minimum atomic E-state index is 0.175. The molecule has 0 aliphatic heterocycles. The van der Waals surface area contributed by atoms with Crippen LogP contribution in [0.15, 0.2) is 24.3 Å². The molecular weight excluding hydrogens is 524 g/mol. The number of hydrogen-bond acceptors (Lipinski definition) is 0. The molecule has 222 valence electrons. The molecule has 0 unspecified atom stereocenters. The Hall–Kier alpha value is -0.300. The molecular formula is C37H67Br.